The standard InChI is InChI=1S/C20H22ClN3O.C17H13N3.C16H17N3.C16H16N2S.C15H12N4O.C15H14N2O2.C15H16N2OS/c1-4-23(5-2)19(25)12-17-20(15-8-6-14(3)7-9-15)22-18-11-10-16(21)13-24(17)18;1-11-2-3-13(9-19-11)12-4-5-14-15-10-18-7-6-16(15)20-17(14)8-12;1-12-4-9-16-17-15(11-19(16)10-12)13-5-7-14(8-6-13)18(2)3;1-10-4-6-14-15(8-10)19-16(18-14)12-5-7-13(17-3)11(2)9-12;1-9-3-4-12-15(17-9)20-14(18-12)11-7-10-5-6-19(2)13(10)16-8-11;1-9-12(5-6-15(16-2)17-9)14-7-10-3-4-11(18)8-13(10)19-14;1-9-7-10(3-5-12(9)16-2)15-17-13-6-4-11(18)8-14(13)19-15/h6-11,13H,4-5,12H2,1-3H3;2-10,20H,1H3;4-11H,1-3H3;4-9,17H,1-3H3;3-8H,1-2H3;3-8,18H,1-2H3,(H,16,17);3-8,15-18H,1-2H3. The number of phenols is 2. The molecule has 0 bridgehead atoms. The van der Waals surface area contributed by atoms with Crippen molar-refractivity contribution in [3.63, 3.8) is 0 Å². The summed E-state index contributed by atoms with van der Waals surface area (Å²) >= 11 is 9.67. The number of aromatic nitrogens is 13. The van der Waals surface area contributed by atoms with Gasteiger partial charge in [0.25, 0.3) is 0 Å². The summed E-state index contributed by atoms with van der Waals surface area (Å²) in [6, 6.07) is 80.6. The fourth-order valence-corrected chi connectivity index (χ4v) is 19.1. The van der Waals surface area contributed by atoms with Crippen LogP contribution in [0.5, 0.6) is 11.5 Å². The second-order valence-corrected chi connectivity index (χ2v) is 37.4. The molecule has 0 radical (unpaired) electrons. The van der Waals surface area contributed by atoms with Crippen molar-refractivity contribution in [2.45, 2.75) is 85.9 Å². The third-order valence-electron chi connectivity index (χ3n) is 24.4. The molecule has 1 amide bonds. The molecule has 14 aromatic heterocycles. The zero-order valence-corrected chi connectivity index (χ0v) is 83.9. The van der Waals surface area contributed by atoms with Gasteiger partial charge in [0.2, 0.25) is 17.5 Å². The molecular formula is C114H110ClN19O5S2. The Morgan fingerprint density at radius 3 is 2.00 bits per heavy atom. The number of H-pyrrole nitrogens is 1. The lowest BCUT2D eigenvalue weighted by atomic mass is 10.1. The summed E-state index contributed by atoms with van der Waals surface area (Å²) in [7, 11) is 11.8. The number of phenolic OH excluding ortho intramolecular Hbond substituents is 2. The number of aromatic hydroxyl groups is 2. The molecule has 8 aromatic carbocycles. The highest BCUT2D eigenvalue weighted by atomic mass is 35.5. The van der Waals surface area contributed by atoms with Crippen LogP contribution in [0.1, 0.15) is 75.4 Å². The van der Waals surface area contributed by atoms with Crippen LogP contribution in [0.3, 0.4) is 0 Å². The van der Waals surface area contributed by atoms with Crippen LogP contribution in [0.4, 0.5) is 28.6 Å². The van der Waals surface area contributed by atoms with Crippen molar-refractivity contribution in [2.75, 3.05) is 74.5 Å². The number of amides is 1. The number of pyridine rings is 7. The number of aryl methyl sites for hydroxylation is 9. The molecule has 22 aromatic rings. The number of rotatable bonds is 15. The summed E-state index contributed by atoms with van der Waals surface area (Å²) in [4.78, 5) is 61.5. The molecule has 1 aliphatic heterocycles. The zero-order valence-electron chi connectivity index (χ0n) is 81.5. The van der Waals surface area contributed by atoms with Crippen LogP contribution in [0.25, 0.3) is 144 Å². The molecule has 27 heteroatoms. The van der Waals surface area contributed by atoms with Crippen LogP contribution in [0.15, 0.2) is 306 Å². The van der Waals surface area contributed by atoms with Crippen molar-refractivity contribution >= 4 is 146 Å². The van der Waals surface area contributed by atoms with E-state index in [1.807, 2.05) is 225 Å². The summed E-state index contributed by atoms with van der Waals surface area (Å²) < 4.78 is 18.7. The summed E-state index contributed by atoms with van der Waals surface area (Å²) in [6.07, 6.45) is 15.7. The number of oxazole rings is 1. The van der Waals surface area contributed by atoms with Gasteiger partial charge in [-0.15, -0.1) is 11.3 Å². The SMILES string of the molecule is CCN(CC)C(=O)Cc1c(-c2ccc(C)cc2)nc2ccc(Cl)cn12.CNc1ccc(-c2cc3ccc(O)cc3o2)c(C)n1.CNc1ccc(-c2nc3ccc(C)cc3s2)cc1C.CNc1ccc(C2Nc3ccc(O)cc3S2)cc1C.Cc1ccc(-c2ccc3c(c2)[nH]c2ccncc23)cn1.Cc1ccc2nc(-c3ccc(N(C)C)cc3)cn2c1.Cc1ccc2nc(-c3cnc4c(ccn4C)c3)oc2n1. The molecule has 7 N–H and O–H groups in total. The van der Waals surface area contributed by atoms with Gasteiger partial charge in [0, 0.05) is 210 Å². The maximum absolute atomic E-state index is 12.7. The first-order valence-electron chi connectivity index (χ1n) is 46.5. The third kappa shape index (κ3) is 22.3. The highest BCUT2D eigenvalue weighted by molar-refractivity contribution is 8.00. The van der Waals surface area contributed by atoms with Gasteiger partial charge in [-0.1, -0.05) is 108 Å². The number of likely N-dealkylation sites (N-methyl/N-ethyl adjacent to an activating group) is 1. The second kappa shape index (κ2) is 42.8. The minimum Gasteiger partial charge on any atom is -0.508 e. The summed E-state index contributed by atoms with van der Waals surface area (Å²) in [6.45, 7) is 21.7. The van der Waals surface area contributed by atoms with Gasteiger partial charge in [-0.2, -0.15) is 0 Å². The van der Waals surface area contributed by atoms with Gasteiger partial charge in [0.15, 0.2) is 0 Å². The van der Waals surface area contributed by atoms with Gasteiger partial charge >= 0.3 is 0 Å². The van der Waals surface area contributed by atoms with Gasteiger partial charge in [0.05, 0.1) is 50.0 Å². The summed E-state index contributed by atoms with van der Waals surface area (Å²) in [5, 5.41) is 38.1. The lowest BCUT2D eigenvalue weighted by Crippen LogP contribution is -2.32. The van der Waals surface area contributed by atoms with Crippen LogP contribution in [-0.4, -0.2) is 133 Å². The van der Waals surface area contributed by atoms with Crippen LogP contribution in [0.2, 0.25) is 5.02 Å². The van der Waals surface area contributed by atoms with E-state index in [1.54, 1.807) is 47.5 Å². The number of halogens is 1. The molecule has 15 heterocycles. The van der Waals surface area contributed by atoms with E-state index < -0.39 is 0 Å². The Balaban J connectivity index is 0.000000114. The van der Waals surface area contributed by atoms with Crippen LogP contribution in [0, 0.1) is 55.4 Å². The van der Waals surface area contributed by atoms with Crippen molar-refractivity contribution in [1.82, 2.24) is 68.1 Å². The van der Waals surface area contributed by atoms with Gasteiger partial charge in [0.1, 0.15) is 61.5 Å². The first-order valence-corrected chi connectivity index (χ1v) is 48.5. The Hall–Kier alpha value is -16.2. The Morgan fingerprint density at radius 2 is 1.26 bits per heavy atom. The number of thioether (sulfide) groups is 1. The van der Waals surface area contributed by atoms with Crippen LogP contribution >= 0.6 is 34.7 Å². The molecule has 710 valence electrons. The van der Waals surface area contributed by atoms with Crippen molar-refractivity contribution in [3.05, 3.63) is 353 Å². The number of aromatic amines is 1. The maximum Gasteiger partial charge on any atom is 0.247 e. The first kappa shape index (κ1) is 96.5. The molecule has 1 atom stereocenters. The Labute approximate surface area is 831 Å². The molecule has 0 saturated heterocycles. The van der Waals surface area contributed by atoms with Gasteiger partial charge in [-0.05, 0) is 260 Å². The molecule has 0 fully saturated rings. The smallest absolute Gasteiger partial charge is 0.247 e. The number of carbonyl (C=O) groups excluding carboxylic acids is 1. The number of imidazole rings is 2. The van der Waals surface area contributed by atoms with Crippen molar-refractivity contribution < 1.29 is 23.8 Å². The number of hydrogen-bond acceptors (Lipinski definition) is 21. The molecule has 0 spiro atoms. The monoisotopic (exact) mass is 1920 g/mol. The molecule has 24 nitrogen and oxygen atoms in total. The largest absolute Gasteiger partial charge is 0.508 e. The molecular weight excluding hydrogens is 1810 g/mol. The highest BCUT2D eigenvalue weighted by Crippen LogP contribution is 2.48. The number of thiazole rings is 1. The second-order valence-electron chi connectivity index (χ2n) is 34.8. The number of anilines is 5. The third-order valence-corrected chi connectivity index (χ3v) is 26.9. The summed E-state index contributed by atoms with van der Waals surface area (Å²) in [5.74, 6) is 2.75. The maximum atomic E-state index is 12.7. The van der Waals surface area contributed by atoms with E-state index >= 15 is 0 Å². The lowest BCUT2D eigenvalue weighted by molar-refractivity contribution is -0.130. The minimum absolute atomic E-state index is 0.0973. The van der Waals surface area contributed by atoms with E-state index in [-0.39, 0.29) is 17.0 Å². The van der Waals surface area contributed by atoms with Gasteiger partial charge in [-0.3, -0.25) is 14.8 Å². The Morgan fingerprint density at radius 1 is 0.546 bits per heavy atom. The number of nitrogens with one attached hydrogen (secondary N) is 5. The fourth-order valence-electron chi connectivity index (χ4n) is 16.7. The van der Waals surface area contributed by atoms with Crippen LogP contribution < -0.4 is 26.2 Å². The quantitative estimate of drug-likeness (QED) is 0.0470. The van der Waals surface area contributed by atoms with Crippen molar-refractivity contribution in [1.29, 1.82) is 0 Å². The van der Waals surface area contributed by atoms with E-state index in [2.05, 4.69) is 239 Å². The number of hydrogen-bond donors (Lipinski definition) is 7. The number of nitrogens with zero attached hydrogens (tertiary/aromatic N) is 14. The molecule has 0 saturated carbocycles. The lowest BCUT2D eigenvalue weighted by Gasteiger charge is -2.18. The first-order chi connectivity index (χ1) is 68.2. The van der Waals surface area contributed by atoms with E-state index in [4.69, 9.17) is 30.4 Å². The average molecular weight is 1930 g/mol. The molecule has 141 heavy (non-hydrogen) atoms. The molecule has 23 rings (SSSR count). The van der Waals surface area contributed by atoms with Crippen molar-refractivity contribution in [2.24, 2.45) is 7.05 Å². The van der Waals surface area contributed by atoms with Gasteiger partial charge in [-0.25, -0.2) is 34.9 Å². The number of benzene rings is 8. The zero-order chi connectivity index (χ0) is 98.8. The topological polar surface area (TPSA) is 284 Å². The predicted octanol–water partition coefficient (Wildman–Crippen LogP) is 27.1. The van der Waals surface area contributed by atoms with E-state index in [0.717, 1.165) is 150 Å². The van der Waals surface area contributed by atoms with E-state index in [0.29, 0.717) is 47.5 Å². The normalized spacial score (nSPS) is 11.9. The molecule has 1 unspecified atom stereocenters. The minimum atomic E-state index is 0.0973. The highest BCUT2D eigenvalue weighted by Gasteiger charge is 2.25. The van der Waals surface area contributed by atoms with E-state index in [9.17, 15) is 15.0 Å². The Bertz CT molecular complexity index is 8260. The number of furan rings is 1. The van der Waals surface area contributed by atoms with Gasteiger partial charge < -0.3 is 68.5 Å². The Kier molecular flexibility index (Phi) is 29.3. The number of fused-ring (bicyclic) bond motifs is 10. The molecule has 0 aliphatic carbocycles. The molecule has 1 aliphatic rings. The average Bonchev–Trinajstić information content (AvgIpc) is 1.62. The number of carbonyl (C=O) groups is 1. The van der Waals surface area contributed by atoms with Crippen LogP contribution in [-0.2, 0) is 18.3 Å². The van der Waals surface area contributed by atoms with Crippen molar-refractivity contribution in [3.8, 4) is 78.5 Å². The summed E-state index contributed by atoms with van der Waals surface area (Å²) in [5.41, 5.74) is 33.1. The fraction of sp³-hybridized carbons (Fsp3) is 0.175. The van der Waals surface area contributed by atoms with E-state index in [1.165, 1.54) is 66.0 Å². The predicted molar refractivity (Wildman–Crippen MR) is 580 cm³/mol.